The van der Waals surface area contributed by atoms with Crippen LogP contribution in [0.5, 0.6) is 0 Å². The quantitative estimate of drug-likeness (QED) is 0.848. The molecule has 2 aromatic rings. The lowest BCUT2D eigenvalue weighted by molar-refractivity contribution is -0.117. The average molecular weight is 320 g/mol. The van der Waals surface area contributed by atoms with Gasteiger partial charge in [0.15, 0.2) is 0 Å². The van der Waals surface area contributed by atoms with Gasteiger partial charge in [-0.2, -0.15) is 0 Å². The molecule has 3 rings (SSSR count). The Kier molecular flexibility index (Phi) is 4.75. The van der Waals surface area contributed by atoms with Crippen LogP contribution in [0, 0.1) is 0 Å². The van der Waals surface area contributed by atoms with Crippen molar-refractivity contribution in [1.82, 2.24) is 5.32 Å². The summed E-state index contributed by atoms with van der Waals surface area (Å²) in [6.45, 7) is 1.96. The Balaban J connectivity index is 1.64. The zero-order chi connectivity index (χ0) is 16.9. The highest BCUT2D eigenvalue weighted by atomic mass is 16.2. The molecule has 0 aromatic heterocycles. The van der Waals surface area contributed by atoms with Crippen molar-refractivity contribution >= 4 is 23.6 Å². The standard InChI is InChI=1S/C20H20N2O2/c1-14(21-19(23)11-7-15-5-3-2-4-6-15)16-8-10-18-17(13-16)9-12-20(24)22-18/h2-8,10-11,13-14H,9,12H2,1H3,(H,21,23)(H,22,24). The number of fused-ring (bicyclic) bond motifs is 1. The van der Waals surface area contributed by atoms with Crippen molar-refractivity contribution in [2.24, 2.45) is 0 Å². The third-order valence-electron chi connectivity index (χ3n) is 4.11. The highest BCUT2D eigenvalue weighted by Crippen LogP contribution is 2.26. The molecule has 1 aliphatic rings. The van der Waals surface area contributed by atoms with Crippen LogP contribution in [0.15, 0.2) is 54.6 Å². The SMILES string of the molecule is CC(NC(=O)C=Cc1ccccc1)c1ccc2c(c1)CCC(=O)N2. The molecule has 0 saturated heterocycles. The Morgan fingerprint density at radius 1 is 1.17 bits per heavy atom. The molecule has 2 N–H and O–H groups in total. The van der Waals surface area contributed by atoms with E-state index in [-0.39, 0.29) is 17.9 Å². The molecule has 4 nitrogen and oxygen atoms in total. The Bertz CT molecular complexity index is 781. The topological polar surface area (TPSA) is 58.2 Å². The van der Waals surface area contributed by atoms with Crippen molar-refractivity contribution < 1.29 is 9.59 Å². The summed E-state index contributed by atoms with van der Waals surface area (Å²) < 4.78 is 0. The molecule has 4 heteroatoms. The van der Waals surface area contributed by atoms with Crippen LogP contribution in [0.3, 0.4) is 0 Å². The maximum atomic E-state index is 12.1. The first-order valence-electron chi connectivity index (χ1n) is 8.08. The van der Waals surface area contributed by atoms with Gasteiger partial charge in [0.25, 0.3) is 0 Å². The van der Waals surface area contributed by atoms with Gasteiger partial charge in [0, 0.05) is 18.2 Å². The molecule has 1 unspecified atom stereocenters. The van der Waals surface area contributed by atoms with E-state index < -0.39 is 0 Å². The lowest BCUT2D eigenvalue weighted by Gasteiger charge is -2.20. The Morgan fingerprint density at radius 3 is 2.75 bits per heavy atom. The number of hydrogen-bond acceptors (Lipinski definition) is 2. The molecule has 1 heterocycles. The summed E-state index contributed by atoms with van der Waals surface area (Å²) >= 11 is 0. The summed E-state index contributed by atoms with van der Waals surface area (Å²) in [7, 11) is 0. The molecule has 24 heavy (non-hydrogen) atoms. The molecule has 1 atom stereocenters. The Hall–Kier alpha value is -2.88. The molecular formula is C20H20N2O2. The fraction of sp³-hybridized carbons (Fsp3) is 0.200. The number of anilines is 1. The largest absolute Gasteiger partial charge is 0.346 e. The number of carbonyl (C=O) groups is 2. The van der Waals surface area contributed by atoms with Crippen LogP contribution in [0.2, 0.25) is 0 Å². The van der Waals surface area contributed by atoms with Crippen LogP contribution in [-0.4, -0.2) is 11.8 Å². The minimum atomic E-state index is -0.127. The van der Waals surface area contributed by atoms with Gasteiger partial charge in [-0.1, -0.05) is 42.5 Å². The molecular weight excluding hydrogens is 300 g/mol. The highest BCUT2D eigenvalue weighted by Gasteiger charge is 2.16. The molecule has 122 valence electrons. The van der Waals surface area contributed by atoms with Gasteiger partial charge < -0.3 is 10.6 Å². The van der Waals surface area contributed by atoms with Gasteiger partial charge in [-0.3, -0.25) is 9.59 Å². The van der Waals surface area contributed by atoms with E-state index in [2.05, 4.69) is 16.7 Å². The van der Waals surface area contributed by atoms with Crippen molar-refractivity contribution in [3.05, 3.63) is 71.3 Å². The molecule has 0 spiro atoms. The van der Waals surface area contributed by atoms with Crippen LogP contribution in [-0.2, 0) is 16.0 Å². The van der Waals surface area contributed by atoms with Crippen molar-refractivity contribution in [1.29, 1.82) is 0 Å². The van der Waals surface area contributed by atoms with Gasteiger partial charge in [-0.15, -0.1) is 0 Å². The summed E-state index contributed by atoms with van der Waals surface area (Å²) in [5.41, 5.74) is 4.02. The third-order valence-corrected chi connectivity index (χ3v) is 4.11. The number of benzene rings is 2. The lowest BCUT2D eigenvalue weighted by atomic mass is 9.98. The third kappa shape index (κ3) is 3.90. The van der Waals surface area contributed by atoms with Gasteiger partial charge in [0.2, 0.25) is 11.8 Å². The predicted octanol–water partition coefficient (Wildman–Crippen LogP) is 3.46. The molecule has 0 fully saturated rings. The van der Waals surface area contributed by atoms with E-state index in [9.17, 15) is 9.59 Å². The van der Waals surface area contributed by atoms with Gasteiger partial charge >= 0.3 is 0 Å². The molecule has 0 saturated carbocycles. The predicted molar refractivity (Wildman–Crippen MR) is 95.4 cm³/mol. The van der Waals surface area contributed by atoms with Gasteiger partial charge in [0.1, 0.15) is 0 Å². The smallest absolute Gasteiger partial charge is 0.244 e. The number of hydrogen-bond donors (Lipinski definition) is 2. The lowest BCUT2D eigenvalue weighted by Crippen LogP contribution is -2.25. The summed E-state index contributed by atoms with van der Waals surface area (Å²) in [6.07, 6.45) is 4.59. The van der Waals surface area contributed by atoms with E-state index in [1.807, 2.05) is 49.4 Å². The minimum Gasteiger partial charge on any atom is -0.346 e. The maximum absolute atomic E-state index is 12.1. The maximum Gasteiger partial charge on any atom is 0.244 e. The van der Waals surface area contributed by atoms with Crippen LogP contribution < -0.4 is 10.6 Å². The average Bonchev–Trinajstić information content (AvgIpc) is 2.60. The molecule has 2 amide bonds. The van der Waals surface area contributed by atoms with Crippen molar-refractivity contribution in [3.63, 3.8) is 0 Å². The van der Waals surface area contributed by atoms with E-state index in [4.69, 9.17) is 0 Å². The fourth-order valence-electron chi connectivity index (χ4n) is 2.75. The zero-order valence-corrected chi connectivity index (χ0v) is 13.6. The minimum absolute atomic E-state index is 0.0580. The number of rotatable bonds is 4. The van der Waals surface area contributed by atoms with Gasteiger partial charge in [0.05, 0.1) is 6.04 Å². The molecule has 0 radical (unpaired) electrons. The number of amides is 2. The number of carbonyl (C=O) groups excluding carboxylic acids is 2. The second kappa shape index (κ2) is 7.13. The van der Waals surface area contributed by atoms with Crippen LogP contribution in [0.25, 0.3) is 6.08 Å². The van der Waals surface area contributed by atoms with E-state index in [1.54, 1.807) is 12.2 Å². The summed E-state index contributed by atoms with van der Waals surface area (Å²) in [4.78, 5) is 23.5. The van der Waals surface area contributed by atoms with Gasteiger partial charge in [-0.25, -0.2) is 0 Å². The molecule has 1 aliphatic heterocycles. The second-order valence-corrected chi connectivity index (χ2v) is 5.94. The van der Waals surface area contributed by atoms with E-state index in [0.717, 1.165) is 28.8 Å². The fourth-order valence-corrected chi connectivity index (χ4v) is 2.75. The van der Waals surface area contributed by atoms with E-state index in [0.29, 0.717) is 6.42 Å². The summed E-state index contributed by atoms with van der Waals surface area (Å²) in [5.74, 6) is -0.0694. The highest BCUT2D eigenvalue weighted by molar-refractivity contribution is 5.94. The van der Waals surface area contributed by atoms with E-state index >= 15 is 0 Å². The number of aryl methyl sites for hydroxylation is 1. The number of nitrogens with one attached hydrogen (secondary N) is 2. The summed E-state index contributed by atoms with van der Waals surface area (Å²) in [5, 5.41) is 5.84. The van der Waals surface area contributed by atoms with Crippen LogP contribution in [0.1, 0.15) is 36.1 Å². The molecule has 2 aromatic carbocycles. The van der Waals surface area contributed by atoms with Crippen molar-refractivity contribution in [3.8, 4) is 0 Å². The zero-order valence-electron chi connectivity index (χ0n) is 13.6. The van der Waals surface area contributed by atoms with Crippen LogP contribution in [0.4, 0.5) is 5.69 Å². The van der Waals surface area contributed by atoms with Gasteiger partial charge in [-0.05, 0) is 42.2 Å². The first-order valence-corrected chi connectivity index (χ1v) is 8.08. The monoisotopic (exact) mass is 320 g/mol. The van der Waals surface area contributed by atoms with E-state index in [1.165, 1.54) is 0 Å². The first-order chi connectivity index (χ1) is 11.6. The van der Waals surface area contributed by atoms with Crippen molar-refractivity contribution in [2.75, 3.05) is 5.32 Å². The first kappa shape index (κ1) is 16.0. The molecule has 0 bridgehead atoms. The molecule has 0 aliphatic carbocycles. The Labute approximate surface area is 141 Å². The second-order valence-electron chi connectivity index (χ2n) is 5.94. The Morgan fingerprint density at radius 2 is 1.96 bits per heavy atom. The van der Waals surface area contributed by atoms with Crippen molar-refractivity contribution in [2.45, 2.75) is 25.8 Å². The van der Waals surface area contributed by atoms with Crippen LogP contribution >= 0.6 is 0 Å². The normalized spacial score (nSPS) is 14.8. The summed E-state index contributed by atoms with van der Waals surface area (Å²) in [6, 6.07) is 15.5.